The molecule has 2 rings (SSSR count). The van der Waals surface area contributed by atoms with Gasteiger partial charge in [0, 0.05) is 6.20 Å². The van der Waals surface area contributed by atoms with Crippen LogP contribution < -0.4 is 10.4 Å². The van der Waals surface area contributed by atoms with Crippen LogP contribution in [0.4, 0.5) is 4.39 Å². The van der Waals surface area contributed by atoms with Crippen molar-refractivity contribution < 1.29 is 9.13 Å². The van der Waals surface area contributed by atoms with E-state index in [2.05, 4.69) is 19.9 Å². The van der Waals surface area contributed by atoms with Crippen molar-refractivity contribution in [3.05, 3.63) is 34.8 Å². The van der Waals surface area contributed by atoms with Crippen molar-refractivity contribution in [1.29, 1.82) is 0 Å². The van der Waals surface area contributed by atoms with E-state index in [4.69, 9.17) is 4.74 Å². The average Bonchev–Trinajstić information content (AvgIpc) is 2.28. The number of rotatable bonds is 2. The highest BCUT2D eigenvalue weighted by Crippen LogP contribution is 2.17. The number of nitrogens with zero attached hydrogens (tertiary/aromatic N) is 3. The molecule has 7 heteroatoms. The van der Waals surface area contributed by atoms with Crippen molar-refractivity contribution >= 4 is 0 Å². The van der Waals surface area contributed by atoms with E-state index < -0.39 is 11.5 Å². The molecule has 2 aromatic heterocycles. The summed E-state index contributed by atoms with van der Waals surface area (Å²) in [5.74, 6) is -0.532. The van der Waals surface area contributed by atoms with E-state index >= 15 is 0 Å². The number of hydrogen-bond donors (Lipinski definition) is 1. The van der Waals surface area contributed by atoms with Crippen LogP contribution in [0.25, 0.3) is 11.4 Å². The highest BCUT2D eigenvalue weighted by atomic mass is 19.1. The third-order valence-electron chi connectivity index (χ3n) is 1.84. The summed E-state index contributed by atoms with van der Waals surface area (Å²) >= 11 is 0. The molecule has 0 spiro atoms. The summed E-state index contributed by atoms with van der Waals surface area (Å²) in [6, 6.07) is 1.28. The molecule has 0 amide bonds. The molecule has 0 radical (unpaired) electrons. The molecule has 0 unspecified atom stereocenters. The minimum atomic E-state index is -0.655. The molecule has 0 aliphatic rings. The van der Waals surface area contributed by atoms with E-state index in [1.165, 1.54) is 19.4 Å². The van der Waals surface area contributed by atoms with E-state index in [0.717, 1.165) is 6.20 Å². The number of pyridine rings is 1. The first-order valence-electron chi connectivity index (χ1n) is 4.33. The number of aromatic nitrogens is 4. The molecule has 0 saturated carbocycles. The number of halogens is 1. The molecular weight excluding hydrogens is 215 g/mol. The van der Waals surface area contributed by atoms with E-state index in [1.807, 2.05) is 0 Å². The molecule has 82 valence electrons. The highest BCUT2D eigenvalue weighted by Gasteiger charge is 2.09. The maximum absolute atomic E-state index is 13.4. The molecule has 0 aliphatic heterocycles. The van der Waals surface area contributed by atoms with Crippen LogP contribution in [0.3, 0.4) is 0 Å². The number of methoxy groups -OCH3 is 1. The zero-order valence-electron chi connectivity index (χ0n) is 8.27. The van der Waals surface area contributed by atoms with Crippen LogP contribution in [0.2, 0.25) is 0 Å². The van der Waals surface area contributed by atoms with E-state index in [9.17, 15) is 9.18 Å². The van der Waals surface area contributed by atoms with Gasteiger partial charge in [0.15, 0.2) is 5.82 Å². The molecule has 0 saturated heterocycles. The first kappa shape index (κ1) is 10.2. The molecule has 6 nitrogen and oxygen atoms in total. The van der Waals surface area contributed by atoms with Gasteiger partial charge in [0.25, 0.3) is 0 Å². The van der Waals surface area contributed by atoms with Gasteiger partial charge in [-0.05, 0) is 6.07 Å². The molecule has 0 bridgehead atoms. The van der Waals surface area contributed by atoms with Gasteiger partial charge in [-0.15, -0.1) is 4.98 Å². The molecule has 1 N–H and O–H groups in total. The second-order valence-corrected chi connectivity index (χ2v) is 2.84. The lowest BCUT2D eigenvalue weighted by Gasteiger charge is -2.02. The Kier molecular flexibility index (Phi) is 2.59. The van der Waals surface area contributed by atoms with Gasteiger partial charge < -0.3 is 4.74 Å². The average molecular weight is 222 g/mol. The summed E-state index contributed by atoms with van der Waals surface area (Å²) in [6.07, 6.45) is 2.42. The van der Waals surface area contributed by atoms with E-state index in [-0.39, 0.29) is 17.4 Å². The maximum atomic E-state index is 13.4. The van der Waals surface area contributed by atoms with Gasteiger partial charge >= 0.3 is 11.7 Å². The SMILES string of the molecule is COc1nc(-c2ccncc2F)[nH]c(=O)n1. The monoisotopic (exact) mass is 222 g/mol. The van der Waals surface area contributed by atoms with Gasteiger partial charge in [-0.25, -0.2) is 9.18 Å². The Hall–Kier alpha value is -2.31. The number of nitrogens with one attached hydrogen (secondary N) is 1. The fourth-order valence-corrected chi connectivity index (χ4v) is 1.15. The number of hydrogen-bond acceptors (Lipinski definition) is 5. The Labute approximate surface area is 89.2 Å². The van der Waals surface area contributed by atoms with Gasteiger partial charge in [0.2, 0.25) is 0 Å². The lowest BCUT2D eigenvalue weighted by Crippen LogP contribution is -2.14. The first-order valence-corrected chi connectivity index (χ1v) is 4.33. The van der Waals surface area contributed by atoms with Gasteiger partial charge in [-0.3, -0.25) is 9.97 Å². The van der Waals surface area contributed by atoms with Crippen molar-refractivity contribution in [2.24, 2.45) is 0 Å². The van der Waals surface area contributed by atoms with Crippen LogP contribution in [0, 0.1) is 5.82 Å². The zero-order chi connectivity index (χ0) is 11.5. The van der Waals surface area contributed by atoms with Crippen LogP contribution in [0.5, 0.6) is 6.01 Å². The summed E-state index contributed by atoms with van der Waals surface area (Å²) in [7, 11) is 1.32. The van der Waals surface area contributed by atoms with Crippen molar-refractivity contribution in [2.75, 3.05) is 7.11 Å². The molecule has 2 aromatic rings. The summed E-state index contributed by atoms with van der Waals surface area (Å²) in [4.78, 5) is 24.3. The summed E-state index contributed by atoms with van der Waals surface area (Å²) in [5.41, 5.74) is -0.522. The van der Waals surface area contributed by atoms with Crippen LogP contribution in [0.1, 0.15) is 0 Å². The third kappa shape index (κ3) is 1.88. The summed E-state index contributed by atoms with van der Waals surface area (Å²) in [5, 5.41) is 0. The lowest BCUT2D eigenvalue weighted by atomic mass is 10.2. The fraction of sp³-hybridized carbons (Fsp3) is 0.111. The Morgan fingerprint density at radius 1 is 1.44 bits per heavy atom. The van der Waals surface area contributed by atoms with Gasteiger partial charge in [0.05, 0.1) is 18.9 Å². The van der Waals surface area contributed by atoms with Gasteiger partial charge in [0.1, 0.15) is 5.82 Å². The van der Waals surface area contributed by atoms with Crippen LogP contribution in [-0.2, 0) is 0 Å². The highest BCUT2D eigenvalue weighted by molar-refractivity contribution is 5.54. The van der Waals surface area contributed by atoms with Crippen molar-refractivity contribution in [1.82, 2.24) is 19.9 Å². The second kappa shape index (κ2) is 4.05. The summed E-state index contributed by atoms with van der Waals surface area (Å²) in [6.45, 7) is 0. The Morgan fingerprint density at radius 3 is 2.94 bits per heavy atom. The largest absolute Gasteiger partial charge is 0.467 e. The maximum Gasteiger partial charge on any atom is 0.351 e. The Balaban J connectivity index is 2.60. The second-order valence-electron chi connectivity index (χ2n) is 2.84. The van der Waals surface area contributed by atoms with Crippen LogP contribution >= 0.6 is 0 Å². The minimum absolute atomic E-state index is 0.0525. The van der Waals surface area contributed by atoms with Gasteiger partial charge in [-0.2, -0.15) is 4.98 Å². The molecular formula is C9H7FN4O2. The van der Waals surface area contributed by atoms with Crippen molar-refractivity contribution in [3.8, 4) is 17.4 Å². The smallest absolute Gasteiger partial charge is 0.351 e. The Morgan fingerprint density at radius 2 is 2.25 bits per heavy atom. The van der Waals surface area contributed by atoms with Crippen LogP contribution in [0.15, 0.2) is 23.3 Å². The van der Waals surface area contributed by atoms with E-state index in [1.54, 1.807) is 0 Å². The van der Waals surface area contributed by atoms with E-state index in [0.29, 0.717) is 0 Å². The van der Waals surface area contributed by atoms with Crippen molar-refractivity contribution in [2.45, 2.75) is 0 Å². The molecule has 0 fully saturated rings. The first-order chi connectivity index (χ1) is 7.70. The normalized spacial score (nSPS) is 10.1. The predicted molar refractivity (Wildman–Crippen MR) is 52.4 cm³/mol. The third-order valence-corrected chi connectivity index (χ3v) is 1.84. The lowest BCUT2D eigenvalue weighted by molar-refractivity contribution is 0.376. The molecule has 0 atom stereocenters. The predicted octanol–water partition coefficient (Wildman–Crippen LogP) is 0.375. The number of aromatic amines is 1. The summed E-state index contributed by atoms with van der Waals surface area (Å²) < 4.78 is 18.1. The quantitative estimate of drug-likeness (QED) is 0.794. The number of ether oxygens (including phenoxy) is 1. The molecule has 16 heavy (non-hydrogen) atoms. The molecule has 0 aromatic carbocycles. The fourth-order valence-electron chi connectivity index (χ4n) is 1.15. The molecule has 0 aliphatic carbocycles. The molecule has 2 heterocycles. The van der Waals surface area contributed by atoms with Crippen LogP contribution in [-0.4, -0.2) is 27.0 Å². The topological polar surface area (TPSA) is 80.8 Å². The van der Waals surface area contributed by atoms with Crippen molar-refractivity contribution in [3.63, 3.8) is 0 Å². The standard InChI is InChI=1S/C9H7FN4O2/c1-16-9-13-7(12-8(15)14-9)5-2-3-11-4-6(5)10/h2-4H,1H3,(H,12,13,14,15). The minimum Gasteiger partial charge on any atom is -0.467 e. The zero-order valence-corrected chi connectivity index (χ0v) is 8.27. The Bertz CT molecular complexity index is 569. The number of H-pyrrole nitrogens is 1. The van der Waals surface area contributed by atoms with Gasteiger partial charge in [-0.1, -0.05) is 0 Å².